The van der Waals surface area contributed by atoms with E-state index in [-0.39, 0.29) is 3.91 Å². The Bertz CT molecular complexity index is 12.8. The van der Waals surface area contributed by atoms with Crippen LogP contribution in [0.4, 0.5) is 0 Å². The molecule has 1 atom stereocenters. The van der Waals surface area contributed by atoms with E-state index in [0.717, 1.165) is 0 Å². The van der Waals surface area contributed by atoms with E-state index >= 15 is 0 Å². The monoisotopic (exact) mass is 155 g/mol. The Morgan fingerprint density at radius 2 is 2.00 bits per heavy atom. The molecular formula is CHBrClSi. The van der Waals surface area contributed by atoms with Gasteiger partial charge in [0.1, 0.15) is 0 Å². The average molecular weight is 156 g/mol. The van der Waals surface area contributed by atoms with Gasteiger partial charge in [-0.15, -0.1) is 11.6 Å². The van der Waals surface area contributed by atoms with E-state index in [1.165, 1.54) is 0 Å². The van der Waals surface area contributed by atoms with Crippen LogP contribution in [0.1, 0.15) is 0 Å². The van der Waals surface area contributed by atoms with Crippen molar-refractivity contribution in [3.8, 4) is 0 Å². The van der Waals surface area contributed by atoms with Crippen molar-refractivity contribution >= 4 is 37.8 Å². The second-order valence-electron chi connectivity index (χ2n) is 0.301. The summed E-state index contributed by atoms with van der Waals surface area (Å²) < 4.78 is -0.0764. The predicted octanol–water partition coefficient (Wildman–Crippen LogP) is 1.07. The normalized spacial score (nSPS) is 15.8. The fourth-order valence-corrected chi connectivity index (χ4v) is 0. The summed E-state index contributed by atoms with van der Waals surface area (Å²) in [6, 6.07) is 0. The maximum atomic E-state index is 5.10. The Labute approximate surface area is 42.1 Å². The van der Waals surface area contributed by atoms with E-state index < -0.39 is 0 Å². The zero-order valence-electron chi connectivity index (χ0n) is 1.83. The molecule has 0 aromatic heterocycles. The van der Waals surface area contributed by atoms with Gasteiger partial charge in [0.15, 0.2) is 0 Å². The van der Waals surface area contributed by atoms with Gasteiger partial charge >= 0.3 is 0 Å². The van der Waals surface area contributed by atoms with E-state index in [0.29, 0.717) is 0 Å². The van der Waals surface area contributed by atoms with E-state index in [4.69, 9.17) is 11.6 Å². The molecule has 3 radical (unpaired) electrons. The first-order valence-corrected chi connectivity index (χ1v) is 2.65. The molecule has 0 bridgehead atoms. The molecule has 0 aliphatic heterocycles. The lowest BCUT2D eigenvalue weighted by molar-refractivity contribution is 2.05. The van der Waals surface area contributed by atoms with Gasteiger partial charge in [-0.3, -0.25) is 0 Å². The molecule has 0 aromatic carbocycles. The lowest BCUT2D eigenvalue weighted by atomic mass is 11.9. The summed E-state index contributed by atoms with van der Waals surface area (Å²) in [6.45, 7) is 0. The summed E-state index contributed by atoms with van der Waals surface area (Å²) in [7, 11) is 2.99. The Kier molecular flexibility index (Phi) is 2.79. The summed E-state index contributed by atoms with van der Waals surface area (Å²) in [6.07, 6.45) is 0. The molecule has 0 aromatic rings. The first-order chi connectivity index (χ1) is 1.73. The number of hydrogen-bond acceptors (Lipinski definition) is 0. The Hall–Kier alpha value is 0.987. The van der Waals surface area contributed by atoms with Crippen LogP contribution in [0.5, 0.6) is 0 Å². The van der Waals surface area contributed by atoms with Crippen LogP contribution in [0.15, 0.2) is 0 Å². The van der Waals surface area contributed by atoms with Gasteiger partial charge in [-0.1, -0.05) is 15.9 Å². The highest BCUT2D eigenvalue weighted by molar-refractivity contribution is 9.10. The molecule has 0 amide bonds. The van der Waals surface area contributed by atoms with Crippen LogP contribution >= 0.6 is 27.5 Å². The molecule has 23 valence electrons. The maximum absolute atomic E-state index is 5.10. The summed E-state index contributed by atoms with van der Waals surface area (Å²) in [5.41, 5.74) is 0. The molecular weight excluding hydrogens is 155 g/mol. The highest BCUT2D eigenvalue weighted by Crippen LogP contribution is 1.94. The van der Waals surface area contributed by atoms with Crippen molar-refractivity contribution in [3.05, 3.63) is 0 Å². The smallest absolute Gasteiger partial charge is 0.0720 e. The molecule has 0 saturated heterocycles. The van der Waals surface area contributed by atoms with Gasteiger partial charge < -0.3 is 0 Å². The molecule has 0 aliphatic carbocycles. The standard InChI is InChI=1S/CHBrClSi/c2-1(3)4/h1H. The molecule has 0 fully saturated rings. The minimum atomic E-state index is -0.0764. The summed E-state index contributed by atoms with van der Waals surface area (Å²) in [5.74, 6) is 0. The van der Waals surface area contributed by atoms with Gasteiger partial charge in [0.25, 0.3) is 0 Å². The molecule has 0 N–H and O–H groups in total. The van der Waals surface area contributed by atoms with Crippen LogP contribution in [0.25, 0.3) is 0 Å². The van der Waals surface area contributed by atoms with E-state index in [1.807, 2.05) is 0 Å². The second kappa shape index (κ2) is 2.24. The minimum Gasteiger partial charge on any atom is -0.115 e. The maximum Gasteiger partial charge on any atom is 0.0720 e. The highest BCUT2D eigenvalue weighted by Gasteiger charge is 1.75. The van der Waals surface area contributed by atoms with Crippen molar-refractivity contribution in [2.24, 2.45) is 0 Å². The zero-order chi connectivity index (χ0) is 3.58. The van der Waals surface area contributed by atoms with Gasteiger partial charge in [-0.2, -0.15) is 0 Å². The Balaban J connectivity index is 2.32. The van der Waals surface area contributed by atoms with Crippen molar-refractivity contribution in [1.82, 2.24) is 0 Å². The topological polar surface area (TPSA) is 0 Å². The minimum absolute atomic E-state index is 0.0764. The zero-order valence-corrected chi connectivity index (χ0v) is 5.18. The number of rotatable bonds is 0. The fourth-order valence-electron chi connectivity index (χ4n) is 0. The molecule has 1 unspecified atom stereocenters. The third kappa shape index (κ3) is 12.1. The fraction of sp³-hybridized carbons (Fsp3) is 1.00. The van der Waals surface area contributed by atoms with Crippen LogP contribution < -0.4 is 0 Å². The van der Waals surface area contributed by atoms with Crippen LogP contribution in [0.3, 0.4) is 0 Å². The summed E-state index contributed by atoms with van der Waals surface area (Å²) in [4.78, 5) is 0. The highest BCUT2D eigenvalue weighted by atomic mass is 79.9. The van der Waals surface area contributed by atoms with Crippen molar-refractivity contribution in [1.29, 1.82) is 0 Å². The van der Waals surface area contributed by atoms with Gasteiger partial charge in [0, 0.05) is 0 Å². The van der Waals surface area contributed by atoms with E-state index in [1.54, 1.807) is 0 Å². The van der Waals surface area contributed by atoms with Crippen LogP contribution in [0, 0.1) is 0 Å². The first-order valence-electron chi connectivity index (χ1n) is 0.725. The summed E-state index contributed by atoms with van der Waals surface area (Å²) in [5, 5.41) is 0. The largest absolute Gasteiger partial charge is 0.115 e. The molecule has 0 heterocycles. The quantitative estimate of drug-likeness (QED) is 0.364. The van der Waals surface area contributed by atoms with Crippen molar-refractivity contribution < 1.29 is 0 Å². The van der Waals surface area contributed by atoms with Crippen LogP contribution in [-0.4, -0.2) is 14.2 Å². The predicted molar refractivity (Wildman–Crippen MR) is 24.3 cm³/mol. The third-order valence-corrected chi connectivity index (χ3v) is 0. The number of halogens is 2. The van der Waals surface area contributed by atoms with Gasteiger partial charge in [0.2, 0.25) is 0 Å². The first kappa shape index (κ1) is 4.99. The Morgan fingerprint density at radius 1 is 2.00 bits per heavy atom. The van der Waals surface area contributed by atoms with Crippen molar-refractivity contribution in [3.63, 3.8) is 0 Å². The molecule has 0 rings (SSSR count). The van der Waals surface area contributed by atoms with Crippen LogP contribution in [0.2, 0.25) is 0 Å². The second-order valence-corrected chi connectivity index (χ2v) is 3.97. The Morgan fingerprint density at radius 3 is 2.00 bits per heavy atom. The lowest BCUT2D eigenvalue weighted by Crippen LogP contribution is -1.74. The van der Waals surface area contributed by atoms with Crippen molar-refractivity contribution in [2.45, 2.75) is 3.91 Å². The molecule has 0 saturated carbocycles. The van der Waals surface area contributed by atoms with Gasteiger partial charge in [-0.05, 0) is 0 Å². The van der Waals surface area contributed by atoms with Crippen LogP contribution in [-0.2, 0) is 0 Å². The average Bonchev–Trinajstić information content (AvgIpc) is 0.811. The molecule has 0 spiro atoms. The van der Waals surface area contributed by atoms with E-state index in [2.05, 4.69) is 26.2 Å². The molecule has 0 nitrogen and oxygen atoms in total. The SMILES string of the molecule is [Si]C(Cl)Br. The molecule has 3 heteroatoms. The third-order valence-electron chi connectivity index (χ3n) is 0. The van der Waals surface area contributed by atoms with E-state index in [9.17, 15) is 0 Å². The summed E-state index contributed by atoms with van der Waals surface area (Å²) >= 11 is 8.05. The lowest BCUT2D eigenvalue weighted by Gasteiger charge is -1.72. The van der Waals surface area contributed by atoms with Gasteiger partial charge in [-0.25, -0.2) is 0 Å². The number of alkyl halides is 2. The molecule has 4 heavy (non-hydrogen) atoms. The molecule has 0 aliphatic rings. The van der Waals surface area contributed by atoms with Crippen molar-refractivity contribution in [2.75, 3.05) is 0 Å². The van der Waals surface area contributed by atoms with Gasteiger partial charge in [0.05, 0.1) is 14.2 Å². The number of hydrogen-bond donors (Lipinski definition) is 0.